The van der Waals surface area contributed by atoms with Gasteiger partial charge in [-0.15, -0.1) is 0 Å². The SMILES string of the molecule is Cc1occc1C(=O)Nc1ccccc1-c1ccc(C(F)(F)F)cc1. The lowest BCUT2D eigenvalue weighted by Crippen LogP contribution is -2.12. The van der Waals surface area contributed by atoms with Crippen molar-refractivity contribution in [1.29, 1.82) is 0 Å². The third-order valence-corrected chi connectivity index (χ3v) is 3.80. The van der Waals surface area contributed by atoms with Crippen LogP contribution < -0.4 is 5.32 Å². The van der Waals surface area contributed by atoms with E-state index >= 15 is 0 Å². The molecule has 3 aromatic rings. The molecule has 1 amide bonds. The summed E-state index contributed by atoms with van der Waals surface area (Å²) in [6.07, 6.45) is -2.96. The third kappa shape index (κ3) is 3.57. The summed E-state index contributed by atoms with van der Waals surface area (Å²) in [6, 6.07) is 13.3. The molecule has 25 heavy (non-hydrogen) atoms. The van der Waals surface area contributed by atoms with Gasteiger partial charge in [-0.3, -0.25) is 4.79 Å². The maximum absolute atomic E-state index is 12.7. The first-order chi connectivity index (χ1) is 11.9. The molecule has 3 rings (SSSR count). The van der Waals surface area contributed by atoms with Gasteiger partial charge in [0.25, 0.3) is 5.91 Å². The van der Waals surface area contributed by atoms with Crippen molar-refractivity contribution < 1.29 is 22.4 Å². The number of hydrogen-bond donors (Lipinski definition) is 1. The van der Waals surface area contributed by atoms with Gasteiger partial charge in [0.2, 0.25) is 0 Å². The summed E-state index contributed by atoms with van der Waals surface area (Å²) in [7, 11) is 0. The van der Waals surface area contributed by atoms with E-state index in [-0.39, 0.29) is 5.91 Å². The quantitative estimate of drug-likeness (QED) is 0.678. The van der Waals surface area contributed by atoms with Crippen LogP contribution in [0.25, 0.3) is 11.1 Å². The van der Waals surface area contributed by atoms with Crippen LogP contribution in [0.3, 0.4) is 0 Å². The second-order valence-corrected chi connectivity index (χ2v) is 5.47. The summed E-state index contributed by atoms with van der Waals surface area (Å²) in [6.45, 7) is 1.68. The van der Waals surface area contributed by atoms with E-state index in [1.165, 1.54) is 18.4 Å². The fourth-order valence-electron chi connectivity index (χ4n) is 2.49. The van der Waals surface area contributed by atoms with Crippen molar-refractivity contribution in [3.63, 3.8) is 0 Å². The maximum atomic E-state index is 12.7. The summed E-state index contributed by atoms with van der Waals surface area (Å²) in [4.78, 5) is 12.3. The van der Waals surface area contributed by atoms with Gasteiger partial charge in [0.05, 0.1) is 17.4 Å². The predicted octanol–water partition coefficient (Wildman–Crippen LogP) is 5.53. The molecule has 0 aliphatic heterocycles. The number of carbonyl (C=O) groups is 1. The molecule has 2 aromatic carbocycles. The molecule has 0 spiro atoms. The molecule has 0 aliphatic carbocycles. The van der Waals surface area contributed by atoms with E-state index in [4.69, 9.17) is 4.42 Å². The topological polar surface area (TPSA) is 42.2 Å². The molecule has 3 nitrogen and oxygen atoms in total. The van der Waals surface area contributed by atoms with Gasteiger partial charge in [0.15, 0.2) is 0 Å². The molecule has 1 N–H and O–H groups in total. The smallest absolute Gasteiger partial charge is 0.416 e. The Morgan fingerprint density at radius 3 is 2.28 bits per heavy atom. The second kappa shape index (κ2) is 6.47. The van der Waals surface area contributed by atoms with Gasteiger partial charge in [0.1, 0.15) is 5.76 Å². The molecule has 0 saturated carbocycles. The standard InChI is InChI=1S/C19H14F3NO2/c1-12-15(10-11-25-12)18(24)23-17-5-3-2-4-16(17)13-6-8-14(9-7-13)19(20,21)22/h2-11H,1H3,(H,23,24). The molecule has 1 heterocycles. The second-order valence-electron chi connectivity index (χ2n) is 5.47. The number of nitrogens with one attached hydrogen (secondary N) is 1. The maximum Gasteiger partial charge on any atom is 0.416 e. The van der Waals surface area contributed by atoms with Gasteiger partial charge < -0.3 is 9.73 Å². The van der Waals surface area contributed by atoms with E-state index in [2.05, 4.69) is 5.32 Å². The van der Waals surface area contributed by atoms with E-state index in [0.717, 1.165) is 12.1 Å². The van der Waals surface area contributed by atoms with Crippen molar-refractivity contribution in [1.82, 2.24) is 0 Å². The lowest BCUT2D eigenvalue weighted by molar-refractivity contribution is -0.137. The Labute approximate surface area is 142 Å². The number of anilines is 1. The Hall–Kier alpha value is -3.02. The molecule has 6 heteroatoms. The van der Waals surface area contributed by atoms with E-state index < -0.39 is 11.7 Å². The Kier molecular flexibility index (Phi) is 4.35. The molecule has 0 aliphatic rings. The van der Waals surface area contributed by atoms with Crippen LogP contribution in [-0.4, -0.2) is 5.91 Å². The summed E-state index contributed by atoms with van der Waals surface area (Å²) in [5.41, 5.74) is 1.40. The van der Waals surface area contributed by atoms with Crippen LogP contribution in [0.1, 0.15) is 21.7 Å². The number of para-hydroxylation sites is 1. The highest BCUT2D eigenvalue weighted by molar-refractivity contribution is 6.06. The number of rotatable bonds is 3. The Morgan fingerprint density at radius 1 is 1.00 bits per heavy atom. The Morgan fingerprint density at radius 2 is 1.68 bits per heavy atom. The molecular weight excluding hydrogens is 331 g/mol. The lowest BCUT2D eigenvalue weighted by Gasteiger charge is -2.12. The third-order valence-electron chi connectivity index (χ3n) is 3.80. The largest absolute Gasteiger partial charge is 0.469 e. The average molecular weight is 345 g/mol. The van der Waals surface area contributed by atoms with E-state index in [9.17, 15) is 18.0 Å². The highest BCUT2D eigenvalue weighted by Gasteiger charge is 2.30. The molecule has 128 valence electrons. The van der Waals surface area contributed by atoms with Crippen LogP contribution in [0.4, 0.5) is 18.9 Å². The van der Waals surface area contributed by atoms with Crippen LogP contribution in [0.15, 0.2) is 65.3 Å². The number of aryl methyl sites for hydroxylation is 1. The number of benzene rings is 2. The number of furan rings is 1. The summed E-state index contributed by atoms with van der Waals surface area (Å²) < 4.78 is 43.2. The van der Waals surface area contributed by atoms with Crippen LogP contribution in [0.5, 0.6) is 0 Å². The monoisotopic (exact) mass is 345 g/mol. The van der Waals surface area contributed by atoms with Crippen molar-refractivity contribution in [3.05, 3.63) is 77.7 Å². The van der Waals surface area contributed by atoms with Crippen LogP contribution in [0.2, 0.25) is 0 Å². The van der Waals surface area contributed by atoms with Crippen LogP contribution in [-0.2, 0) is 6.18 Å². The minimum atomic E-state index is -4.38. The van der Waals surface area contributed by atoms with Crippen molar-refractivity contribution >= 4 is 11.6 Å². The van der Waals surface area contributed by atoms with Crippen LogP contribution >= 0.6 is 0 Å². The highest BCUT2D eigenvalue weighted by Crippen LogP contribution is 2.33. The minimum absolute atomic E-state index is 0.342. The molecule has 1 aromatic heterocycles. The number of alkyl halides is 3. The predicted molar refractivity (Wildman–Crippen MR) is 88.3 cm³/mol. The average Bonchev–Trinajstić information content (AvgIpc) is 3.01. The first-order valence-electron chi connectivity index (χ1n) is 7.48. The van der Waals surface area contributed by atoms with Gasteiger partial charge >= 0.3 is 6.18 Å². The zero-order valence-electron chi connectivity index (χ0n) is 13.2. The van der Waals surface area contributed by atoms with Gasteiger partial charge in [-0.1, -0.05) is 30.3 Å². The van der Waals surface area contributed by atoms with E-state index in [1.807, 2.05) is 0 Å². The normalized spacial score (nSPS) is 11.4. The summed E-state index contributed by atoms with van der Waals surface area (Å²) in [5.74, 6) is 0.148. The van der Waals surface area contributed by atoms with Crippen molar-refractivity contribution in [2.24, 2.45) is 0 Å². The zero-order valence-corrected chi connectivity index (χ0v) is 13.2. The molecule has 0 saturated heterocycles. The first-order valence-corrected chi connectivity index (χ1v) is 7.48. The van der Waals surface area contributed by atoms with Crippen molar-refractivity contribution in [2.75, 3.05) is 5.32 Å². The van der Waals surface area contributed by atoms with Crippen LogP contribution in [0, 0.1) is 6.92 Å². The Balaban J connectivity index is 1.91. The van der Waals surface area contributed by atoms with Gasteiger partial charge in [-0.05, 0) is 36.8 Å². The van der Waals surface area contributed by atoms with Gasteiger partial charge in [-0.2, -0.15) is 13.2 Å². The van der Waals surface area contributed by atoms with Crippen molar-refractivity contribution in [2.45, 2.75) is 13.1 Å². The minimum Gasteiger partial charge on any atom is -0.469 e. The molecule has 0 radical (unpaired) electrons. The summed E-state index contributed by atoms with van der Waals surface area (Å²) in [5, 5.41) is 2.78. The first kappa shape index (κ1) is 16.8. The molecule has 0 atom stereocenters. The van der Waals surface area contributed by atoms with Crippen molar-refractivity contribution in [3.8, 4) is 11.1 Å². The highest BCUT2D eigenvalue weighted by atomic mass is 19.4. The number of halogens is 3. The molecule has 0 fully saturated rings. The Bertz CT molecular complexity index is 896. The number of amides is 1. The van der Waals surface area contributed by atoms with Gasteiger partial charge in [0, 0.05) is 11.3 Å². The fraction of sp³-hybridized carbons (Fsp3) is 0.105. The summed E-state index contributed by atoms with van der Waals surface area (Å²) >= 11 is 0. The molecular formula is C19H14F3NO2. The number of hydrogen-bond acceptors (Lipinski definition) is 2. The fourth-order valence-corrected chi connectivity index (χ4v) is 2.49. The molecule has 0 unspecified atom stereocenters. The van der Waals surface area contributed by atoms with E-state index in [0.29, 0.717) is 28.1 Å². The molecule has 0 bridgehead atoms. The van der Waals surface area contributed by atoms with Gasteiger partial charge in [-0.25, -0.2) is 0 Å². The van der Waals surface area contributed by atoms with E-state index in [1.54, 1.807) is 37.3 Å². The number of carbonyl (C=O) groups excluding carboxylic acids is 1. The zero-order chi connectivity index (χ0) is 18.0. The lowest BCUT2D eigenvalue weighted by atomic mass is 10.0.